The van der Waals surface area contributed by atoms with Crippen LogP contribution in [0.5, 0.6) is 0 Å². The summed E-state index contributed by atoms with van der Waals surface area (Å²) >= 11 is 0. The normalized spacial score (nSPS) is 11.4. The molecule has 1 aromatic rings. The topological polar surface area (TPSA) is 104 Å². The van der Waals surface area contributed by atoms with Crippen molar-refractivity contribution in [2.45, 2.75) is 18.9 Å². The van der Waals surface area contributed by atoms with Crippen molar-refractivity contribution in [1.29, 1.82) is 0 Å². The first-order chi connectivity index (χ1) is 7.15. The Morgan fingerprint density at radius 1 is 1.33 bits per heavy atom. The lowest BCUT2D eigenvalue weighted by Gasteiger charge is -2.29. The van der Waals surface area contributed by atoms with E-state index in [1.54, 1.807) is 12.1 Å². The van der Waals surface area contributed by atoms with Crippen LogP contribution in [-0.2, 0) is 0 Å². The molecule has 0 aromatic carbocycles. The van der Waals surface area contributed by atoms with Gasteiger partial charge in [-0.15, -0.1) is 10.2 Å². The van der Waals surface area contributed by atoms with Gasteiger partial charge in [-0.3, -0.25) is 0 Å². The number of aliphatic hydroxyl groups excluding tert-OH is 2. The van der Waals surface area contributed by atoms with E-state index in [9.17, 15) is 10.2 Å². The molecule has 0 aliphatic heterocycles. The maximum Gasteiger partial charge on any atom is 0.149 e. The molecule has 1 aromatic heterocycles. The SMILES string of the molecule is CCC(CO)(CO)Nc1ccc(N)nn1. The molecule has 6 heteroatoms. The highest BCUT2D eigenvalue weighted by Crippen LogP contribution is 2.16. The summed E-state index contributed by atoms with van der Waals surface area (Å²) < 4.78 is 0. The van der Waals surface area contributed by atoms with Crippen LogP contribution in [0.1, 0.15) is 13.3 Å². The Bertz CT molecular complexity index is 289. The quantitative estimate of drug-likeness (QED) is 0.529. The number of hydrogen-bond acceptors (Lipinski definition) is 6. The molecule has 15 heavy (non-hydrogen) atoms. The number of nitrogens with two attached hydrogens (primary N) is 1. The van der Waals surface area contributed by atoms with Gasteiger partial charge in [0.1, 0.15) is 11.6 Å². The minimum atomic E-state index is -0.759. The number of nitrogen functional groups attached to an aromatic ring is 1. The molecule has 0 atom stereocenters. The second-order valence-electron chi connectivity index (χ2n) is 3.42. The van der Waals surface area contributed by atoms with Gasteiger partial charge in [0.2, 0.25) is 0 Å². The molecule has 5 N–H and O–H groups in total. The summed E-state index contributed by atoms with van der Waals surface area (Å²) in [6, 6.07) is 3.25. The largest absolute Gasteiger partial charge is 0.394 e. The Balaban J connectivity index is 2.78. The lowest BCUT2D eigenvalue weighted by molar-refractivity contribution is 0.132. The predicted molar refractivity (Wildman–Crippen MR) is 57.3 cm³/mol. The van der Waals surface area contributed by atoms with Crippen molar-refractivity contribution < 1.29 is 10.2 Å². The summed E-state index contributed by atoms with van der Waals surface area (Å²) in [4.78, 5) is 0. The summed E-state index contributed by atoms with van der Waals surface area (Å²) in [5, 5.41) is 28.8. The van der Waals surface area contributed by atoms with E-state index in [0.717, 1.165) is 0 Å². The van der Waals surface area contributed by atoms with Crippen LogP contribution in [-0.4, -0.2) is 39.2 Å². The standard InChI is InChI=1S/C9H16N4O2/c1-2-9(5-14,6-15)11-8-4-3-7(10)12-13-8/h3-4,14-15H,2,5-6H2,1H3,(H2,10,12)(H,11,13). The van der Waals surface area contributed by atoms with E-state index < -0.39 is 5.54 Å². The number of nitrogens with one attached hydrogen (secondary N) is 1. The third-order valence-corrected chi connectivity index (χ3v) is 2.36. The van der Waals surface area contributed by atoms with Gasteiger partial charge in [0.05, 0.1) is 18.8 Å². The van der Waals surface area contributed by atoms with Crippen LogP contribution in [0, 0.1) is 0 Å². The number of aliphatic hydroxyl groups is 2. The molecule has 1 heterocycles. The summed E-state index contributed by atoms with van der Waals surface area (Å²) in [5.74, 6) is 0.810. The predicted octanol–water partition coefficient (Wildman–Crippen LogP) is -0.396. The highest BCUT2D eigenvalue weighted by molar-refractivity contribution is 5.40. The summed E-state index contributed by atoms with van der Waals surface area (Å²) in [5.41, 5.74) is 4.63. The van der Waals surface area contributed by atoms with Gasteiger partial charge >= 0.3 is 0 Å². The van der Waals surface area contributed by atoms with Crippen LogP contribution in [0.15, 0.2) is 12.1 Å². The molecular weight excluding hydrogens is 196 g/mol. The highest BCUT2D eigenvalue weighted by Gasteiger charge is 2.26. The number of aromatic nitrogens is 2. The second-order valence-corrected chi connectivity index (χ2v) is 3.42. The van der Waals surface area contributed by atoms with Crippen LogP contribution in [0.3, 0.4) is 0 Å². The van der Waals surface area contributed by atoms with Gasteiger partial charge in [0.15, 0.2) is 0 Å². The van der Waals surface area contributed by atoms with Crippen LogP contribution in [0.4, 0.5) is 11.6 Å². The first kappa shape index (κ1) is 11.7. The third-order valence-electron chi connectivity index (χ3n) is 2.36. The summed E-state index contributed by atoms with van der Waals surface area (Å²) in [6.07, 6.45) is 0.575. The second kappa shape index (κ2) is 4.90. The Labute approximate surface area is 88.1 Å². The summed E-state index contributed by atoms with van der Waals surface area (Å²) in [7, 11) is 0. The molecule has 0 aliphatic carbocycles. The van der Waals surface area contributed by atoms with Crippen molar-refractivity contribution in [3.05, 3.63) is 12.1 Å². The van der Waals surface area contributed by atoms with Gasteiger partial charge in [-0.1, -0.05) is 6.92 Å². The van der Waals surface area contributed by atoms with E-state index in [0.29, 0.717) is 18.1 Å². The van der Waals surface area contributed by atoms with Crippen LogP contribution in [0.2, 0.25) is 0 Å². The van der Waals surface area contributed by atoms with E-state index in [1.807, 2.05) is 6.92 Å². The molecule has 1 rings (SSSR count). The van der Waals surface area contributed by atoms with Gasteiger partial charge in [-0.25, -0.2) is 0 Å². The van der Waals surface area contributed by atoms with Gasteiger partial charge in [0, 0.05) is 0 Å². The molecule has 0 saturated carbocycles. The zero-order valence-electron chi connectivity index (χ0n) is 8.64. The molecule has 0 fully saturated rings. The number of rotatable bonds is 5. The molecule has 0 radical (unpaired) electrons. The first-order valence-corrected chi connectivity index (χ1v) is 4.75. The van der Waals surface area contributed by atoms with E-state index >= 15 is 0 Å². The van der Waals surface area contributed by atoms with E-state index in [-0.39, 0.29) is 13.2 Å². The van der Waals surface area contributed by atoms with Crippen molar-refractivity contribution in [1.82, 2.24) is 10.2 Å². The van der Waals surface area contributed by atoms with Crippen molar-refractivity contribution in [3.8, 4) is 0 Å². The van der Waals surface area contributed by atoms with Gasteiger partial charge in [-0.05, 0) is 18.6 Å². The van der Waals surface area contributed by atoms with Crippen molar-refractivity contribution in [2.24, 2.45) is 0 Å². The molecule has 84 valence electrons. The van der Waals surface area contributed by atoms with Crippen LogP contribution >= 0.6 is 0 Å². The van der Waals surface area contributed by atoms with E-state index in [4.69, 9.17) is 5.73 Å². The van der Waals surface area contributed by atoms with Crippen molar-refractivity contribution >= 4 is 11.6 Å². The fourth-order valence-electron chi connectivity index (χ4n) is 1.12. The number of hydrogen-bond donors (Lipinski definition) is 4. The monoisotopic (exact) mass is 212 g/mol. The Hall–Kier alpha value is -1.40. The zero-order valence-corrected chi connectivity index (χ0v) is 8.64. The molecule has 0 saturated heterocycles. The lowest BCUT2D eigenvalue weighted by atomic mass is 9.98. The molecule has 0 unspecified atom stereocenters. The number of nitrogens with zero attached hydrogens (tertiary/aromatic N) is 2. The maximum absolute atomic E-state index is 9.20. The average molecular weight is 212 g/mol. The van der Waals surface area contributed by atoms with Crippen molar-refractivity contribution in [2.75, 3.05) is 24.3 Å². The maximum atomic E-state index is 9.20. The van der Waals surface area contributed by atoms with E-state index in [1.165, 1.54) is 0 Å². The van der Waals surface area contributed by atoms with Gasteiger partial charge in [-0.2, -0.15) is 0 Å². The Kier molecular flexibility index (Phi) is 3.81. The lowest BCUT2D eigenvalue weighted by Crippen LogP contribution is -2.45. The molecule has 0 amide bonds. The molecule has 6 nitrogen and oxygen atoms in total. The zero-order chi connectivity index (χ0) is 11.3. The minimum absolute atomic E-state index is 0.175. The molecule has 0 bridgehead atoms. The van der Waals surface area contributed by atoms with E-state index in [2.05, 4.69) is 15.5 Å². The average Bonchev–Trinajstić information content (AvgIpc) is 2.29. The van der Waals surface area contributed by atoms with Gasteiger partial charge < -0.3 is 21.3 Å². The first-order valence-electron chi connectivity index (χ1n) is 4.75. The molecule has 0 spiro atoms. The minimum Gasteiger partial charge on any atom is -0.394 e. The number of anilines is 2. The molecule has 0 aliphatic rings. The van der Waals surface area contributed by atoms with Crippen molar-refractivity contribution in [3.63, 3.8) is 0 Å². The Morgan fingerprint density at radius 2 is 2.00 bits per heavy atom. The van der Waals surface area contributed by atoms with Crippen LogP contribution < -0.4 is 11.1 Å². The molecular formula is C9H16N4O2. The Morgan fingerprint density at radius 3 is 2.40 bits per heavy atom. The summed E-state index contributed by atoms with van der Waals surface area (Å²) in [6.45, 7) is 1.52. The fraction of sp³-hybridized carbons (Fsp3) is 0.556. The van der Waals surface area contributed by atoms with Crippen LogP contribution in [0.25, 0.3) is 0 Å². The highest BCUT2D eigenvalue weighted by atomic mass is 16.3. The smallest absolute Gasteiger partial charge is 0.149 e. The van der Waals surface area contributed by atoms with Gasteiger partial charge in [0.25, 0.3) is 0 Å². The fourth-order valence-corrected chi connectivity index (χ4v) is 1.12. The third kappa shape index (κ3) is 2.77.